The Hall–Kier alpha value is -3.41. The van der Waals surface area contributed by atoms with Crippen molar-refractivity contribution in [1.82, 2.24) is 14.7 Å². The van der Waals surface area contributed by atoms with Gasteiger partial charge in [0.05, 0.1) is 18.8 Å². The molecule has 1 heterocycles. The van der Waals surface area contributed by atoms with Gasteiger partial charge in [0.1, 0.15) is 11.4 Å². The average Bonchev–Trinajstić information content (AvgIpc) is 2.73. The predicted molar refractivity (Wildman–Crippen MR) is 103 cm³/mol. The fourth-order valence-electron chi connectivity index (χ4n) is 2.86. The molecule has 1 unspecified atom stereocenters. The summed E-state index contributed by atoms with van der Waals surface area (Å²) < 4.78 is 6.63. The molecule has 0 bridgehead atoms. The number of carbonyl (C=O) groups excluding carboxylic acids is 1. The van der Waals surface area contributed by atoms with Crippen LogP contribution in [0.4, 0.5) is 0 Å². The number of nitrogens with zero attached hydrogens (tertiary/aromatic N) is 3. The van der Waals surface area contributed by atoms with E-state index in [1.165, 1.54) is 16.8 Å². The number of carbonyl (C=O) groups is 1. The zero-order chi connectivity index (χ0) is 19.4. The molecule has 0 N–H and O–H groups in total. The van der Waals surface area contributed by atoms with Crippen molar-refractivity contribution in [1.29, 1.82) is 0 Å². The molecular weight excluding hydrogens is 342 g/mol. The van der Waals surface area contributed by atoms with Crippen molar-refractivity contribution >= 4 is 5.91 Å². The first-order valence-electron chi connectivity index (χ1n) is 8.59. The third-order valence-corrected chi connectivity index (χ3v) is 4.51. The van der Waals surface area contributed by atoms with Crippen LogP contribution in [0.1, 0.15) is 29.0 Å². The Kier molecular flexibility index (Phi) is 5.35. The van der Waals surface area contributed by atoms with E-state index in [1.807, 2.05) is 49.4 Å². The third-order valence-electron chi connectivity index (χ3n) is 4.51. The predicted octanol–water partition coefficient (Wildman–Crippen LogP) is 3.07. The van der Waals surface area contributed by atoms with E-state index in [0.717, 1.165) is 5.56 Å². The van der Waals surface area contributed by atoms with Crippen molar-refractivity contribution < 1.29 is 9.53 Å². The molecule has 0 aliphatic rings. The quantitative estimate of drug-likeness (QED) is 0.699. The Labute approximate surface area is 157 Å². The van der Waals surface area contributed by atoms with E-state index in [2.05, 4.69) is 5.10 Å². The van der Waals surface area contributed by atoms with Gasteiger partial charge in [-0.2, -0.15) is 9.78 Å². The lowest BCUT2D eigenvalue weighted by Crippen LogP contribution is -2.32. The van der Waals surface area contributed by atoms with Crippen LogP contribution < -0.4 is 10.3 Å². The molecule has 6 nitrogen and oxygen atoms in total. The van der Waals surface area contributed by atoms with Gasteiger partial charge in [-0.3, -0.25) is 9.59 Å². The summed E-state index contributed by atoms with van der Waals surface area (Å²) in [6, 6.07) is 19.2. The van der Waals surface area contributed by atoms with Crippen molar-refractivity contribution in [3.05, 3.63) is 88.3 Å². The second-order valence-corrected chi connectivity index (χ2v) is 6.14. The normalized spacial score (nSPS) is 11.7. The Bertz CT molecular complexity index is 999. The monoisotopic (exact) mass is 363 g/mol. The maximum atomic E-state index is 13.0. The number of rotatable bonds is 5. The first-order valence-corrected chi connectivity index (χ1v) is 8.59. The zero-order valence-electron chi connectivity index (χ0n) is 15.5. The first-order chi connectivity index (χ1) is 13.0. The molecule has 0 saturated heterocycles. The Balaban J connectivity index is 1.92. The maximum Gasteiger partial charge on any atom is 0.274 e. The molecule has 0 spiro atoms. The van der Waals surface area contributed by atoms with Gasteiger partial charge in [-0.1, -0.05) is 36.4 Å². The molecule has 2 aromatic carbocycles. The average molecular weight is 363 g/mol. The van der Waals surface area contributed by atoms with Gasteiger partial charge in [0.15, 0.2) is 0 Å². The Morgan fingerprint density at radius 1 is 1.04 bits per heavy atom. The van der Waals surface area contributed by atoms with Gasteiger partial charge in [0.25, 0.3) is 11.5 Å². The molecule has 1 aromatic heterocycles. The summed E-state index contributed by atoms with van der Waals surface area (Å²) in [6.07, 6.45) is 0. The highest BCUT2D eigenvalue weighted by Gasteiger charge is 2.23. The number of hydrogen-bond donors (Lipinski definition) is 0. The summed E-state index contributed by atoms with van der Waals surface area (Å²) in [4.78, 5) is 26.7. The minimum Gasteiger partial charge on any atom is -0.496 e. The minimum absolute atomic E-state index is 0.197. The molecule has 0 aliphatic carbocycles. The molecule has 3 rings (SSSR count). The lowest BCUT2D eigenvalue weighted by atomic mass is 10.1. The van der Waals surface area contributed by atoms with Crippen LogP contribution in [0.5, 0.6) is 5.75 Å². The summed E-state index contributed by atoms with van der Waals surface area (Å²) >= 11 is 0. The molecular formula is C21H21N3O3. The molecule has 1 atom stereocenters. The number of amides is 1. The summed E-state index contributed by atoms with van der Waals surface area (Å²) in [5.74, 6) is 0.435. The van der Waals surface area contributed by atoms with Crippen LogP contribution in [-0.2, 0) is 0 Å². The standard InChI is InChI=1S/C21H21N3O3/c1-15(17-11-7-8-12-19(17)27-3)23(2)21(26)18-13-14-20(25)24(22-18)16-9-5-4-6-10-16/h4-15H,1-3H3. The molecule has 0 fully saturated rings. The Morgan fingerprint density at radius 2 is 1.70 bits per heavy atom. The second kappa shape index (κ2) is 7.86. The van der Waals surface area contributed by atoms with Gasteiger partial charge >= 0.3 is 0 Å². The lowest BCUT2D eigenvalue weighted by molar-refractivity contribution is 0.0733. The van der Waals surface area contributed by atoms with Gasteiger partial charge in [-0.15, -0.1) is 0 Å². The third kappa shape index (κ3) is 3.74. The van der Waals surface area contributed by atoms with Crippen LogP contribution in [0, 0.1) is 0 Å². The van der Waals surface area contributed by atoms with Gasteiger partial charge in [0, 0.05) is 18.7 Å². The van der Waals surface area contributed by atoms with Crippen molar-refractivity contribution in [2.24, 2.45) is 0 Å². The van der Waals surface area contributed by atoms with Crippen molar-refractivity contribution in [2.45, 2.75) is 13.0 Å². The van der Waals surface area contributed by atoms with E-state index >= 15 is 0 Å². The van der Waals surface area contributed by atoms with E-state index in [1.54, 1.807) is 31.2 Å². The van der Waals surface area contributed by atoms with E-state index in [9.17, 15) is 9.59 Å². The molecule has 1 amide bonds. The molecule has 0 saturated carbocycles. The molecule has 0 radical (unpaired) electrons. The van der Waals surface area contributed by atoms with Crippen LogP contribution in [0.3, 0.4) is 0 Å². The number of ether oxygens (including phenoxy) is 1. The van der Waals surface area contributed by atoms with Crippen LogP contribution in [-0.4, -0.2) is 34.7 Å². The molecule has 138 valence electrons. The van der Waals surface area contributed by atoms with Crippen LogP contribution in [0.25, 0.3) is 5.69 Å². The number of para-hydroxylation sites is 2. The zero-order valence-corrected chi connectivity index (χ0v) is 15.5. The van der Waals surface area contributed by atoms with Gasteiger partial charge < -0.3 is 9.64 Å². The van der Waals surface area contributed by atoms with Crippen LogP contribution >= 0.6 is 0 Å². The summed E-state index contributed by atoms with van der Waals surface area (Å²) in [5.41, 5.74) is 1.41. The highest BCUT2D eigenvalue weighted by Crippen LogP contribution is 2.28. The largest absolute Gasteiger partial charge is 0.496 e. The molecule has 0 aliphatic heterocycles. The number of hydrogen-bond acceptors (Lipinski definition) is 4. The van der Waals surface area contributed by atoms with Crippen molar-refractivity contribution in [3.63, 3.8) is 0 Å². The lowest BCUT2D eigenvalue weighted by Gasteiger charge is -2.26. The van der Waals surface area contributed by atoms with E-state index in [0.29, 0.717) is 11.4 Å². The van der Waals surface area contributed by atoms with Crippen LogP contribution in [0.15, 0.2) is 71.5 Å². The van der Waals surface area contributed by atoms with Gasteiger partial charge in [-0.05, 0) is 31.2 Å². The maximum absolute atomic E-state index is 13.0. The SMILES string of the molecule is COc1ccccc1C(C)N(C)C(=O)c1ccc(=O)n(-c2ccccc2)n1. The fourth-order valence-corrected chi connectivity index (χ4v) is 2.86. The summed E-state index contributed by atoms with van der Waals surface area (Å²) in [6.45, 7) is 1.92. The number of methoxy groups -OCH3 is 1. The van der Waals surface area contributed by atoms with Gasteiger partial charge in [0.2, 0.25) is 0 Å². The topological polar surface area (TPSA) is 64.4 Å². The summed E-state index contributed by atoms with van der Waals surface area (Å²) in [5, 5.41) is 4.26. The van der Waals surface area contributed by atoms with Crippen molar-refractivity contribution in [3.8, 4) is 11.4 Å². The minimum atomic E-state index is -0.293. The van der Waals surface area contributed by atoms with Gasteiger partial charge in [-0.25, -0.2) is 0 Å². The van der Waals surface area contributed by atoms with E-state index in [-0.39, 0.29) is 23.2 Å². The highest BCUT2D eigenvalue weighted by atomic mass is 16.5. The van der Waals surface area contributed by atoms with Crippen molar-refractivity contribution in [2.75, 3.05) is 14.2 Å². The van der Waals surface area contributed by atoms with E-state index < -0.39 is 0 Å². The first kappa shape index (κ1) is 18.4. The summed E-state index contributed by atoms with van der Waals surface area (Å²) in [7, 11) is 3.31. The van der Waals surface area contributed by atoms with Crippen LogP contribution in [0.2, 0.25) is 0 Å². The molecule has 27 heavy (non-hydrogen) atoms. The Morgan fingerprint density at radius 3 is 2.41 bits per heavy atom. The molecule has 6 heteroatoms. The fraction of sp³-hybridized carbons (Fsp3) is 0.190. The number of benzene rings is 2. The highest BCUT2D eigenvalue weighted by molar-refractivity contribution is 5.92. The smallest absolute Gasteiger partial charge is 0.274 e. The number of aromatic nitrogens is 2. The molecule has 3 aromatic rings. The van der Waals surface area contributed by atoms with E-state index in [4.69, 9.17) is 4.74 Å². The second-order valence-electron chi connectivity index (χ2n) is 6.14.